The molecule has 4 N–H and O–H groups in total. The van der Waals surface area contributed by atoms with Crippen molar-refractivity contribution in [1.82, 2.24) is 0 Å². The summed E-state index contributed by atoms with van der Waals surface area (Å²) in [5.41, 5.74) is -2.79. The maximum absolute atomic E-state index is 13.1. The monoisotopic (exact) mass is 422 g/mol. The smallest absolute Gasteiger partial charge is 0.418 e. The van der Waals surface area contributed by atoms with Gasteiger partial charge in [0.05, 0.1) is 11.3 Å². The second-order valence-electron chi connectivity index (χ2n) is 6.04. The molecule has 0 radical (unpaired) electrons. The average molecular weight is 422 g/mol. The first-order valence-electron chi connectivity index (χ1n) is 7.83. The van der Waals surface area contributed by atoms with Gasteiger partial charge in [0.1, 0.15) is 12.4 Å². The number of carbonyl (C=O) groups is 1. The summed E-state index contributed by atoms with van der Waals surface area (Å²) in [5.74, 6) is -3.61. The molecule has 0 saturated heterocycles. The number of carbonyl (C=O) groups excluding carboxylic acids is 1. The van der Waals surface area contributed by atoms with Gasteiger partial charge in [-0.05, 0) is 37.3 Å². The largest absolute Gasteiger partial charge is 0.490 e. The number of alkyl halides is 3. The van der Waals surface area contributed by atoms with Crippen LogP contribution in [0, 0.1) is 11.6 Å². The molecule has 0 spiro atoms. The van der Waals surface area contributed by atoms with Crippen LogP contribution < -0.4 is 15.5 Å². The number of hydrogen-bond acceptors (Lipinski definition) is 6. The van der Waals surface area contributed by atoms with E-state index in [0.717, 1.165) is 31.2 Å². The molecule has 12 heteroatoms. The average Bonchev–Trinajstić information content (AvgIpc) is 2.63. The zero-order chi connectivity index (χ0) is 21.8. The van der Waals surface area contributed by atoms with E-state index in [-0.39, 0.29) is 11.4 Å². The minimum atomic E-state index is -4.85. The van der Waals surface area contributed by atoms with Crippen molar-refractivity contribution < 1.29 is 46.8 Å². The SMILES string of the molecule is C[C@@](O)(COc1ccc(F)c(F)c1)C(=O)Nc1ccc(NOO)c(C(F)(F)F)c1. The fourth-order valence-electron chi connectivity index (χ4n) is 2.12. The van der Waals surface area contributed by atoms with Crippen molar-refractivity contribution in [2.45, 2.75) is 18.7 Å². The summed E-state index contributed by atoms with van der Waals surface area (Å²) in [6.45, 7) is 0.316. The van der Waals surface area contributed by atoms with Crippen LogP contribution in [0.5, 0.6) is 5.75 Å². The Morgan fingerprint density at radius 3 is 2.38 bits per heavy atom. The topological polar surface area (TPSA) is 100 Å². The van der Waals surface area contributed by atoms with Crippen LogP contribution in [0.1, 0.15) is 12.5 Å². The van der Waals surface area contributed by atoms with Gasteiger partial charge in [0.2, 0.25) is 0 Å². The van der Waals surface area contributed by atoms with E-state index in [1.165, 1.54) is 0 Å². The summed E-state index contributed by atoms with van der Waals surface area (Å²) in [4.78, 5) is 15.7. The first-order chi connectivity index (χ1) is 13.4. The first kappa shape index (κ1) is 22.3. The van der Waals surface area contributed by atoms with E-state index in [2.05, 4.69) is 10.3 Å². The number of ether oxygens (including phenoxy) is 1. The highest BCUT2D eigenvalue weighted by Gasteiger charge is 2.35. The summed E-state index contributed by atoms with van der Waals surface area (Å²) in [6, 6.07) is 5.03. The number of aliphatic hydroxyl groups is 1. The lowest BCUT2D eigenvalue weighted by Gasteiger charge is -2.23. The predicted octanol–water partition coefficient (Wildman–Crippen LogP) is 3.57. The molecule has 0 fully saturated rings. The van der Waals surface area contributed by atoms with E-state index in [4.69, 9.17) is 9.99 Å². The van der Waals surface area contributed by atoms with Crippen LogP contribution in [0.15, 0.2) is 36.4 Å². The van der Waals surface area contributed by atoms with E-state index in [0.29, 0.717) is 12.1 Å². The lowest BCUT2D eigenvalue weighted by molar-refractivity contribution is -0.216. The molecule has 1 atom stereocenters. The van der Waals surface area contributed by atoms with Crippen LogP contribution in [-0.2, 0) is 16.0 Å². The van der Waals surface area contributed by atoms with Gasteiger partial charge >= 0.3 is 6.18 Å². The van der Waals surface area contributed by atoms with Gasteiger partial charge in [0, 0.05) is 11.8 Å². The number of benzene rings is 2. The third-order valence-electron chi connectivity index (χ3n) is 3.64. The van der Waals surface area contributed by atoms with Crippen molar-refractivity contribution >= 4 is 17.3 Å². The lowest BCUT2D eigenvalue weighted by Crippen LogP contribution is -2.45. The number of rotatable bonds is 7. The Balaban J connectivity index is 2.12. The van der Waals surface area contributed by atoms with Crippen LogP contribution in [0.4, 0.5) is 33.3 Å². The molecule has 0 bridgehead atoms. The van der Waals surface area contributed by atoms with Gasteiger partial charge in [0.25, 0.3) is 5.91 Å². The summed E-state index contributed by atoms with van der Waals surface area (Å²) >= 11 is 0. The maximum atomic E-state index is 13.1. The second kappa shape index (κ2) is 8.59. The molecular weight excluding hydrogens is 407 g/mol. The van der Waals surface area contributed by atoms with Crippen LogP contribution in [0.25, 0.3) is 0 Å². The fraction of sp³-hybridized carbons (Fsp3) is 0.235. The van der Waals surface area contributed by atoms with Crippen LogP contribution >= 0.6 is 0 Å². The molecule has 29 heavy (non-hydrogen) atoms. The minimum Gasteiger partial charge on any atom is -0.490 e. The van der Waals surface area contributed by atoms with E-state index in [9.17, 15) is 31.9 Å². The Hall–Kier alpha value is -2.96. The van der Waals surface area contributed by atoms with Crippen molar-refractivity contribution in [3.8, 4) is 5.75 Å². The molecule has 2 rings (SSSR count). The molecule has 0 heterocycles. The Labute approximate surface area is 160 Å². The van der Waals surface area contributed by atoms with Gasteiger partial charge in [0.15, 0.2) is 17.2 Å². The number of nitrogens with one attached hydrogen (secondary N) is 2. The normalized spacial score (nSPS) is 13.5. The van der Waals surface area contributed by atoms with Crippen molar-refractivity contribution in [2.24, 2.45) is 0 Å². The van der Waals surface area contributed by atoms with E-state index >= 15 is 0 Å². The van der Waals surface area contributed by atoms with Crippen LogP contribution in [0.2, 0.25) is 0 Å². The molecule has 2 aromatic rings. The summed E-state index contributed by atoms with van der Waals surface area (Å²) in [6.07, 6.45) is -4.85. The molecule has 158 valence electrons. The van der Waals surface area contributed by atoms with Crippen molar-refractivity contribution in [3.63, 3.8) is 0 Å². The summed E-state index contributed by atoms with van der Waals surface area (Å²) in [7, 11) is 0. The summed E-state index contributed by atoms with van der Waals surface area (Å²) in [5, 5.41) is 20.6. The number of hydrogen-bond donors (Lipinski definition) is 4. The van der Waals surface area contributed by atoms with Gasteiger partial charge < -0.3 is 15.2 Å². The Bertz CT molecular complexity index is 889. The lowest BCUT2D eigenvalue weighted by atomic mass is 10.1. The molecule has 2 aromatic carbocycles. The van der Waals surface area contributed by atoms with Gasteiger partial charge in [-0.25, -0.2) is 19.5 Å². The first-order valence-corrected chi connectivity index (χ1v) is 7.83. The molecule has 0 aliphatic heterocycles. The van der Waals surface area contributed by atoms with Gasteiger partial charge in [-0.1, -0.05) is 0 Å². The van der Waals surface area contributed by atoms with Crippen LogP contribution in [0.3, 0.4) is 0 Å². The third kappa shape index (κ3) is 5.76. The quantitative estimate of drug-likeness (QED) is 0.309. The minimum absolute atomic E-state index is 0.171. The number of anilines is 2. The zero-order valence-corrected chi connectivity index (χ0v) is 14.7. The number of halogens is 5. The highest BCUT2D eigenvalue weighted by molar-refractivity contribution is 5.97. The maximum Gasteiger partial charge on any atom is 0.418 e. The fourth-order valence-corrected chi connectivity index (χ4v) is 2.12. The summed E-state index contributed by atoms with van der Waals surface area (Å²) < 4.78 is 70.3. The Morgan fingerprint density at radius 1 is 1.10 bits per heavy atom. The Morgan fingerprint density at radius 2 is 1.79 bits per heavy atom. The standard InChI is InChI=1S/C17H15F5N2O5/c1-16(26,8-28-10-3-4-12(18)13(19)7-10)15(25)23-9-2-5-14(24-29-27)11(6-9)17(20,21)22/h2-7,24,26-27H,8H2,1H3,(H,23,25)/t16-/m1/s1. The molecule has 1 amide bonds. The molecule has 0 aliphatic rings. The van der Waals surface area contributed by atoms with Crippen molar-refractivity contribution in [1.29, 1.82) is 0 Å². The van der Waals surface area contributed by atoms with E-state index in [1.54, 1.807) is 5.48 Å². The van der Waals surface area contributed by atoms with Gasteiger partial charge in [-0.3, -0.25) is 4.79 Å². The second-order valence-corrected chi connectivity index (χ2v) is 6.04. The predicted molar refractivity (Wildman–Crippen MR) is 89.9 cm³/mol. The van der Waals surface area contributed by atoms with E-state index < -0.39 is 47.2 Å². The van der Waals surface area contributed by atoms with E-state index in [1.807, 2.05) is 0 Å². The van der Waals surface area contributed by atoms with Crippen molar-refractivity contribution in [3.05, 3.63) is 53.6 Å². The third-order valence-corrected chi connectivity index (χ3v) is 3.64. The molecule has 0 unspecified atom stereocenters. The molecule has 0 saturated carbocycles. The number of amides is 1. The molecule has 0 aliphatic carbocycles. The molecule has 0 aromatic heterocycles. The highest BCUT2D eigenvalue weighted by atomic mass is 19.4. The van der Waals surface area contributed by atoms with Crippen molar-refractivity contribution in [2.75, 3.05) is 17.4 Å². The Kier molecular flexibility index (Phi) is 6.62. The highest BCUT2D eigenvalue weighted by Crippen LogP contribution is 2.36. The van der Waals surface area contributed by atoms with Gasteiger partial charge in [-0.2, -0.15) is 13.2 Å². The zero-order valence-electron chi connectivity index (χ0n) is 14.7. The molecular formula is C17H15F5N2O5. The van der Waals surface area contributed by atoms with Crippen LogP contribution in [-0.4, -0.2) is 28.5 Å². The molecule has 7 nitrogen and oxygen atoms in total. The van der Waals surface area contributed by atoms with Gasteiger partial charge in [-0.15, -0.1) is 4.99 Å².